The summed E-state index contributed by atoms with van der Waals surface area (Å²) in [6.45, 7) is 1.50. The van der Waals surface area contributed by atoms with Crippen LogP contribution in [0, 0.1) is 12.7 Å². The van der Waals surface area contributed by atoms with Gasteiger partial charge in [0.2, 0.25) is 0 Å². The maximum Gasteiger partial charge on any atom is 0.337 e. The Balaban J connectivity index is 2.26. The lowest BCUT2D eigenvalue weighted by atomic mass is 10.2. The molecule has 0 unspecified atom stereocenters. The zero-order chi connectivity index (χ0) is 15.6. The molecule has 0 saturated heterocycles. The van der Waals surface area contributed by atoms with E-state index in [0.29, 0.717) is 4.47 Å². The molecule has 0 fully saturated rings. The Morgan fingerprint density at radius 1 is 1.29 bits per heavy atom. The number of nitrogens with zero attached hydrogens (tertiary/aromatic N) is 1. The van der Waals surface area contributed by atoms with Gasteiger partial charge in [0.25, 0.3) is 5.91 Å². The molecular weight excluding hydrogens is 343 g/mol. The Morgan fingerprint density at radius 2 is 2.00 bits per heavy atom. The number of carboxylic acids is 1. The highest BCUT2D eigenvalue weighted by molar-refractivity contribution is 9.10. The van der Waals surface area contributed by atoms with Crippen molar-refractivity contribution in [2.75, 3.05) is 5.32 Å². The molecule has 1 heterocycles. The molecule has 0 aliphatic heterocycles. The van der Waals surface area contributed by atoms with Crippen LogP contribution in [0.2, 0.25) is 0 Å². The van der Waals surface area contributed by atoms with Crippen LogP contribution in [-0.4, -0.2) is 22.0 Å². The van der Waals surface area contributed by atoms with Gasteiger partial charge in [0, 0.05) is 4.47 Å². The Morgan fingerprint density at radius 3 is 2.62 bits per heavy atom. The summed E-state index contributed by atoms with van der Waals surface area (Å²) < 4.78 is 13.7. The van der Waals surface area contributed by atoms with E-state index in [2.05, 4.69) is 26.2 Å². The minimum Gasteiger partial charge on any atom is -0.478 e. The predicted molar refractivity (Wildman–Crippen MR) is 78.0 cm³/mol. The van der Waals surface area contributed by atoms with Crippen molar-refractivity contribution in [3.63, 3.8) is 0 Å². The quantitative estimate of drug-likeness (QED) is 0.888. The second-order valence-electron chi connectivity index (χ2n) is 4.21. The van der Waals surface area contributed by atoms with E-state index in [1.165, 1.54) is 37.3 Å². The number of hydrogen-bond acceptors (Lipinski definition) is 3. The van der Waals surface area contributed by atoms with Crippen molar-refractivity contribution < 1.29 is 19.1 Å². The number of anilines is 1. The summed E-state index contributed by atoms with van der Waals surface area (Å²) in [6.07, 6.45) is 0. The highest BCUT2D eigenvalue weighted by Crippen LogP contribution is 2.23. The highest BCUT2D eigenvalue weighted by atomic mass is 79.9. The SMILES string of the molecule is Cc1nc(C(=O)Nc2cc(F)ccc2Br)ccc1C(=O)O. The number of benzene rings is 1. The van der Waals surface area contributed by atoms with E-state index in [9.17, 15) is 14.0 Å². The molecule has 0 radical (unpaired) electrons. The number of carboxylic acid groups (broad SMARTS) is 1. The molecule has 0 aliphatic rings. The maximum atomic E-state index is 13.2. The molecule has 0 spiro atoms. The second kappa shape index (κ2) is 6.01. The summed E-state index contributed by atoms with van der Waals surface area (Å²) in [5.74, 6) is -2.15. The number of aromatic carboxylic acids is 1. The largest absolute Gasteiger partial charge is 0.478 e. The Bertz CT molecular complexity index is 734. The van der Waals surface area contributed by atoms with Gasteiger partial charge in [-0.25, -0.2) is 14.2 Å². The number of hydrogen-bond donors (Lipinski definition) is 2. The minimum atomic E-state index is -1.11. The third-order valence-electron chi connectivity index (χ3n) is 2.73. The molecule has 2 rings (SSSR count). The zero-order valence-corrected chi connectivity index (χ0v) is 12.4. The van der Waals surface area contributed by atoms with Gasteiger partial charge in [-0.05, 0) is 53.2 Å². The molecule has 0 aliphatic carbocycles. The molecule has 0 saturated carbocycles. The van der Waals surface area contributed by atoms with Crippen LogP contribution in [0.1, 0.15) is 26.5 Å². The van der Waals surface area contributed by atoms with Crippen LogP contribution in [0.4, 0.5) is 10.1 Å². The van der Waals surface area contributed by atoms with Crippen LogP contribution in [0.25, 0.3) is 0 Å². The lowest BCUT2D eigenvalue weighted by Gasteiger charge is -2.08. The molecule has 0 atom stereocenters. The van der Waals surface area contributed by atoms with E-state index in [0.717, 1.165) is 0 Å². The Labute approximate surface area is 128 Å². The Hall–Kier alpha value is -2.28. The number of carbonyl (C=O) groups is 2. The Kier molecular flexibility index (Phi) is 4.32. The van der Waals surface area contributed by atoms with E-state index in [4.69, 9.17) is 5.11 Å². The number of carbonyl (C=O) groups excluding carboxylic acids is 1. The maximum absolute atomic E-state index is 13.2. The van der Waals surface area contributed by atoms with E-state index < -0.39 is 17.7 Å². The lowest BCUT2D eigenvalue weighted by Crippen LogP contribution is -2.15. The summed E-state index contributed by atoms with van der Waals surface area (Å²) in [7, 11) is 0. The van der Waals surface area contributed by atoms with E-state index in [1.54, 1.807) is 0 Å². The summed E-state index contributed by atoms with van der Waals surface area (Å²) in [5, 5.41) is 11.4. The zero-order valence-electron chi connectivity index (χ0n) is 10.9. The van der Waals surface area contributed by atoms with Gasteiger partial charge in [-0.15, -0.1) is 0 Å². The van der Waals surface area contributed by atoms with Gasteiger partial charge in [0.05, 0.1) is 16.9 Å². The number of pyridine rings is 1. The van der Waals surface area contributed by atoms with Crippen LogP contribution in [0.3, 0.4) is 0 Å². The normalized spacial score (nSPS) is 10.2. The van der Waals surface area contributed by atoms with Crippen molar-refractivity contribution in [1.29, 1.82) is 0 Å². The number of aryl methyl sites for hydroxylation is 1. The molecular formula is C14H10BrFN2O3. The fourth-order valence-corrected chi connectivity index (χ4v) is 2.04. The number of amides is 1. The first kappa shape index (κ1) is 15.1. The van der Waals surface area contributed by atoms with Crippen molar-refractivity contribution in [1.82, 2.24) is 4.98 Å². The van der Waals surface area contributed by atoms with Crippen molar-refractivity contribution in [2.45, 2.75) is 6.92 Å². The van der Waals surface area contributed by atoms with Gasteiger partial charge in [-0.2, -0.15) is 0 Å². The molecule has 21 heavy (non-hydrogen) atoms. The van der Waals surface area contributed by atoms with Crippen LogP contribution in [-0.2, 0) is 0 Å². The van der Waals surface area contributed by atoms with Gasteiger partial charge in [-0.3, -0.25) is 4.79 Å². The van der Waals surface area contributed by atoms with Crippen molar-refractivity contribution in [3.8, 4) is 0 Å². The van der Waals surface area contributed by atoms with E-state index in [-0.39, 0.29) is 22.6 Å². The highest BCUT2D eigenvalue weighted by Gasteiger charge is 2.14. The van der Waals surface area contributed by atoms with Crippen molar-refractivity contribution in [3.05, 3.63) is 57.6 Å². The van der Waals surface area contributed by atoms with Crippen LogP contribution < -0.4 is 5.32 Å². The molecule has 108 valence electrons. The molecule has 1 aromatic carbocycles. The molecule has 1 amide bonds. The predicted octanol–water partition coefficient (Wildman–Crippen LogP) is 3.24. The fourth-order valence-electron chi connectivity index (χ4n) is 1.69. The van der Waals surface area contributed by atoms with Gasteiger partial charge >= 0.3 is 5.97 Å². The molecule has 0 bridgehead atoms. The summed E-state index contributed by atoms with van der Waals surface area (Å²) in [5.41, 5.74) is 0.572. The van der Waals surface area contributed by atoms with E-state index >= 15 is 0 Å². The number of halogens is 2. The lowest BCUT2D eigenvalue weighted by molar-refractivity contribution is 0.0695. The first-order valence-corrected chi connectivity index (χ1v) is 6.65. The first-order valence-electron chi connectivity index (χ1n) is 5.86. The molecule has 5 nitrogen and oxygen atoms in total. The van der Waals surface area contributed by atoms with Gasteiger partial charge in [0.1, 0.15) is 11.5 Å². The number of aromatic nitrogens is 1. The van der Waals surface area contributed by atoms with E-state index in [1.807, 2.05) is 0 Å². The number of rotatable bonds is 3. The average Bonchev–Trinajstić information content (AvgIpc) is 2.42. The third kappa shape index (κ3) is 3.43. The van der Waals surface area contributed by atoms with Crippen LogP contribution in [0.15, 0.2) is 34.8 Å². The minimum absolute atomic E-state index is 0.0264. The molecule has 2 aromatic rings. The number of nitrogens with one attached hydrogen (secondary N) is 1. The summed E-state index contributed by atoms with van der Waals surface area (Å²) in [4.78, 5) is 26.9. The second-order valence-corrected chi connectivity index (χ2v) is 5.07. The smallest absolute Gasteiger partial charge is 0.337 e. The van der Waals surface area contributed by atoms with Crippen molar-refractivity contribution >= 4 is 33.5 Å². The average molecular weight is 353 g/mol. The monoisotopic (exact) mass is 352 g/mol. The third-order valence-corrected chi connectivity index (χ3v) is 3.42. The van der Waals surface area contributed by atoms with Gasteiger partial charge in [0.15, 0.2) is 0 Å². The van der Waals surface area contributed by atoms with Crippen LogP contribution >= 0.6 is 15.9 Å². The summed E-state index contributed by atoms with van der Waals surface area (Å²) >= 11 is 3.20. The van der Waals surface area contributed by atoms with Crippen molar-refractivity contribution in [2.24, 2.45) is 0 Å². The standard InChI is InChI=1S/C14H10BrFN2O3/c1-7-9(14(20)21)3-5-11(17-7)13(19)18-12-6-8(16)2-4-10(12)15/h2-6H,1H3,(H,18,19)(H,20,21). The van der Waals surface area contributed by atoms with Gasteiger partial charge in [-0.1, -0.05) is 0 Å². The molecule has 1 aromatic heterocycles. The molecule has 2 N–H and O–H groups in total. The van der Waals surface area contributed by atoms with Crippen LogP contribution in [0.5, 0.6) is 0 Å². The van der Waals surface area contributed by atoms with Gasteiger partial charge < -0.3 is 10.4 Å². The molecule has 7 heteroatoms. The summed E-state index contributed by atoms with van der Waals surface area (Å²) in [6, 6.07) is 6.50. The first-order chi connectivity index (χ1) is 9.88. The topological polar surface area (TPSA) is 79.3 Å². The fraction of sp³-hybridized carbons (Fsp3) is 0.0714.